The molecule has 104 valence electrons. The van der Waals surface area contributed by atoms with Crippen molar-refractivity contribution in [1.29, 1.82) is 0 Å². The zero-order valence-corrected chi connectivity index (χ0v) is 12.3. The molecule has 1 aromatic rings. The van der Waals surface area contributed by atoms with Gasteiger partial charge >= 0.3 is 0 Å². The second-order valence-corrected chi connectivity index (χ2v) is 6.91. The second kappa shape index (κ2) is 5.60. The highest BCUT2D eigenvalue weighted by atomic mass is 35.5. The lowest BCUT2D eigenvalue weighted by Gasteiger charge is -2.39. The standard InChI is InChI=1S/C14H18ClNO2S/c15-11-2-1-5-16-12(11)13(17)10-3-6-18-14(8-10)4-7-19-9-14/h1-2,5,10,13,17H,3-4,6-9H2. The first kappa shape index (κ1) is 13.7. The van der Waals surface area contributed by atoms with Crippen molar-refractivity contribution in [1.82, 2.24) is 4.98 Å². The molecule has 0 bridgehead atoms. The van der Waals surface area contributed by atoms with Crippen LogP contribution in [0.4, 0.5) is 0 Å². The van der Waals surface area contributed by atoms with Gasteiger partial charge in [0.15, 0.2) is 0 Å². The van der Waals surface area contributed by atoms with Crippen LogP contribution in [0.15, 0.2) is 18.3 Å². The molecule has 2 aliphatic heterocycles. The van der Waals surface area contributed by atoms with Crippen LogP contribution >= 0.6 is 23.4 Å². The van der Waals surface area contributed by atoms with Crippen molar-refractivity contribution >= 4 is 23.4 Å². The van der Waals surface area contributed by atoms with E-state index in [1.165, 1.54) is 0 Å². The molecule has 3 heterocycles. The molecule has 0 aliphatic carbocycles. The van der Waals surface area contributed by atoms with Crippen molar-refractivity contribution < 1.29 is 9.84 Å². The summed E-state index contributed by atoms with van der Waals surface area (Å²) < 4.78 is 5.99. The lowest BCUT2D eigenvalue weighted by Crippen LogP contribution is -2.41. The van der Waals surface area contributed by atoms with Crippen LogP contribution in [-0.2, 0) is 4.74 Å². The number of hydrogen-bond acceptors (Lipinski definition) is 4. The third-order valence-corrected chi connectivity index (χ3v) is 5.65. The summed E-state index contributed by atoms with van der Waals surface area (Å²) in [6.45, 7) is 0.729. The first-order valence-electron chi connectivity index (χ1n) is 6.70. The van der Waals surface area contributed by atoms with Gasteiger partial charge in [0.05, 0.1) is 16.3 Å². The molecule has 1 aromatic heterocycles. The summed E-state index contributed by atoms with van der Waals surface area (Å²) in [7, 11) is 0. The van der Waals surface area contributed by atoms with Crippen LogP contribution < -0.4 is 0 Å². The first-order chi connectivity index (χ1) is 9.20. The van der Waals surface area contributed by atoms with Gasteiger partial charge in [0.25, 0.3) is 0 Å². The molecule has 1 spiro atoms. The topological polar surface area (TPSA) is 42.4 Å². The minimum atomic E-state index is -0.583. The van der Waals surface area contributed by atoms with Crippen LogP contribution in [-0.4, -0.2) is 33.8 Å². The third-order valence-electron chi connectivity index (χ3n) is 4.11. The van der Waals surface area contributed by atoms with Gasteiger partial charge in [-0.05, 0) is 43.1 Å². The normalized spacial score (nSPS) is 32.6. The molecule has 0 amide bonds. The molecule has 19 heavy (non-hydrogen) atoms. The maximum absolute atomic E-state index is 10.6. The first-order valence-corrected chi connectivity index (χ1v) is 8.24. The molecule has 3 rings (SSSR count). The highest BCUT2D eigenvalue weighted by molar-refractivity contribution is 7.99. The summed E-state index contributed by atoms with van der Waals surface area (Å²) in [4.78, 5) is 4.24. The van der Waals surface area contributed by atoms with Gasteiger partial charge in [0.2, 0.25) is 0 Å². The van der Waals surface area contributed by atoms with Gasteiger partial charge in [-0.1, -0.05) is 11.6 Å². The summed E-state index contributed by atoms with van der Waals surface area (Å²) in [5.74, 6) is 2.40. The SMILES string of the molecule is OC(c1ncccc1Cl)C1CCOC2(CCSC2)C1. The van der Waals surface area contributed by atoms with E-state index in [0.29, 0.717) is 10.7 Å². The summed E-state index contributed by atoms with van der Waals surface area (Å²) in [6, 6.07) is 3.57. The lowest BCUT2D eigenvalue weighted by molar-refractivity contribution is -0.102. The second-order valence-electron chi connectivity index (χ2n) is 5.40. The number of ether oxygens (including phenoxy) is 1. The summed E-state index contributed by atoms with van der Waals surface area (Å²) >= 11 is 8.08. The van der Waals surface area contributed by atoms with Gasteiger partial charge < -0.3 is 9.84 Å². The molecule has 3 unspecified atom stereocenters. The summed E-state index contributed by atoms with van der Waals surface area (Å²) in [5.41, 5.74) is 0.590. The number of thioether (sulfide) groups is 1. The van der Waals surface area contributed by atoms with E-state index in [-0.39, 0.29) is 11.5 Å². The van der Waals surface area contributed by atoms with Crippen LogP contribution in [0.5, 0.6) is 0 Å². The molecule has 0 saturated carbocycles. The number of halogens is 1. The van der Waals surface area contributed by atoms with E-state index in [1.807, 2.05) is 11.8 Å². The molecule has 1 N–H and O–H groups in total. The molecular formula is C14H18ClNO2S. The van der Waals surface area contributed by atoms with Gasteiger partial charge in [-0.15, -0.1) is 0 Å². The van der Waals surface area contributed by atoms with E-state index in [9.17, 15) is 5.11 Å². The number of aromatic nitrogens is 1. The molecule has 3 atom stereocenters. The Balaban J connectivity index is 1.76. The molecule has 2 aliphatic rings. The molecule has 3 nitrogen and oxygen atoms in total. The minimum Gasteiger partial charge on any atom is -0.386 e. The smallest absolute Gasteiger partial charge is 0.100 e. The lowest BCUT2D eigenvalue weighted by atomic mass is 9.81. The largest absolute Gasteiger partial charge is 0.386 e. The molecule has 2 fully saturated rings. The van der Waals surface area contributed by atoms with Crippen LogP contribution in [0.1, 0.15) is 31.1 Å². The summed E-state index contributed by atoms with van der Waals surface area (Å²) in [5, 5.41) is 11.1. The molecule has 0 radical (unpaired) electrons. The zero-order valence-electron chi connectivity index (χ0n) is 10.7. The third kappa shape index (κ3) is 2.77. The highest BCUT2D eigenvalue weighted by Gasteiger charge is 2.42. The molecule has 5 heteroatoms. The Bertz CT molecular complexity index is 451. The Morgan fingerprint density at radius 3 is 3.21 bits per heavy atom. The van der Waals surface area contributed by atoms with E-state index in [2.05, 4.69) is 4.98 Å². The molecule has 2 saturated heterocycles. The number of aliphatic hydroxyl groups excluding tert-OH is 1. The van der Waals surface area contributed by atoms with E-state index in [0.717, 1.165) is 37.4 Å². The van der Waals surface area contributed by atoms with Crippen molar-refractivity contribution in [3.63, 3.8) is 0 Å². The van der Waals surface area contributed by atoms with Crippen LogP contribution in [0, 0.1) is 5.92 Å². The Kier molecular flexibility index (Phi) is 4.03. The van der Waals surface area contributed by atoms with Crippen LogP contribution in [0.2, 0.25) is 5.02 Å². The Hall–Kier alpha value is -0.290. The number of pyridine rings is 1. The van der Waals surface area contributed by atoms with Crippen molar-refractivity contribution in [3.05, 3.63) is 29.0 Å². The maximum Gasteiger partial charge on any atom is 0.100 e. The Labute approximate surface area is 122 Å². The van der Waals surface area contributed by atoms with Crippen molar-refractivity contribution in [2.24, 2.45) is 5.92 Å². The van der Waals surface area contributed by atoms with Gasteiger partial charge in [-0.25, -0.2) is 0 Å². The monoisotopic (exact) mass is 299 g/mol. The minimum absolute atomic E-state index is 0.0180. The van der Waals surface area contributed by atoms with Gasteiger partial charge in [0, 0.05) is 18.6 Å². The maximum atomic E-state index is 10.6. The van der Waals surface area contributed by atoms with Crippen molar-refractivity contribution in [2.75, 3.05) is 18.1 Å². The summed E-state index contributed by atoms with van der Waals surface area (Å²) in [6.07, 6.45) is 3.98. The van der Waals surface area contributed by atoms with Gasteiger partial charge in [-0.3, -0.25) is 4.98 Å². The van der Waals surface area contributed by atoms with Crippen molar-refractivity contribution in [2.45, 2.75) is 31.0 Å². The quantitative estimate of drug-likeness (QED) is 0.911. The Morgan fingerprint density at radius 2 is 2.47 bits per heavy atom. The average Bonchev–Trinajstić information content (AvgIpc) is 2.86. The molecular weight excluding hydrogens is 282 g/mol. The van der Waals surface area contributed by atoms with Gasteiger partial charge in [-0.2, -0.15) is 11.8 Å². The highest BCUT2D eigenvalue weighted by Crippen LogP contribution is 2.44. The number of nitrogens with zero attached hydrogens (tertiary/aromatic N) is 1. The van der Waals surface area contributed by atoms with Crippen molar-refractivity contribution in [3.8, 4) is 0 Å². The average molecular weight is 300 g/mol. The van der Waals surface area contributed by atoms with E-state index >= 15 is 0 Å². The number of aliphatic hydroxyl groups is 1. The zero-order chi connectivity index (χ0) is 13.3. The van der Waals surface area contributed by atoms with E-state index < -0.39 is 6.10 Å². The fraction of sp³-hybridized carbons (Fsp3) is 0.643. The van der Waals surface area contributed by atoms with E-state index in [4.69, 9.17) is 16.3 Å². The predicted octanol–water partition coefficient (Wildman–Crippen LogP) is 3.07. The molecule has 0 aromatic carbocycles. The number of hydrogen-bond donors (Lipinski definition) is 1. The van der Waals surface area contributed by atoms with Gasteiger partial charge in [0.1, 0.15) is 6.10 Å². The fourth-order valence-electron chi connectivity index (χ4n) is 3.04. The van der Waals surface area contributed by atoms with E-state index in [1.54, 1.807) is 18.3 Å². The fourth-order valence-corrected chi connectivity index (χ4v) is 4.65. The Morgan fingerprint density at radius 1 is 1.58 bits per heavy atom. The number of rotatable bonds is 2. The predicted molar refractivity (Wildman–Crippen MR) is 77.6 cm³/mol. The van der Waals surface area contributed by atoms with Crippen LogP contribution in [0.3, 0.4) is 0 Å². The van der Waals surface area contributed by atoms with Crippen LogP contribution in [0.25, 0.3) is 0 Å².